The Hall–Kier alpha value is -3.75. The second-order valence-corrected chi connectivity index (χ2v) is 5.81. The minimum Gasteiger partial charge on any atom is -0.496 e. The minimum absolute atomic E-state index is 0.0925. The van der Waals surface area contributed by atoms with Crippen LogP contribution in [0.1, 0.15) is 34.6 Å². The number of hydrogen-bond acceptors (Lipinski definition) is 7. The predicted octanol–water partition coefficient (Wildman–Crippen LogP) is 2.99. The standard InChI is InChI=1S/C19H18N2O7/c1-11(18(23)13-4-6-14(7-5-13)20-12(2)22)28-19(24)16-10-15(21(25)26)8-9-17(16)27-3/h4-11H,1-3H3,(H,20,22)/t11-/m0/s1. The summed E-state index contributed by atoms with van der Waals surface area (Å²) in [6, 6.07) is 9.58. The largest absolute Gasteiger partial charge is 0.496 e. The summed E-state index contributed by atoms with van der Waals surface area (Å²) in [7, 11) is 1.31. The summed E-state index contributed by atoms with van der Waals surface area (Å²) in [4.78, 5) is 46.2. The molecule has 0 saturated carbocycles. The topological polar surface area (TPSA) is 125 Å². The van der Waals surface area contributed by atoms with Crippen molar-refractivity contribution >= 4 is 29.0 Å². The van der Waals surface area contributed by atoms with Crippen LogP contribution in [-0.4, -0.2) is 35.8 Å². The van der Waals surface area contributed by atoms with Crippen molar-refractivity contribution in [2.75, 3.05) is 12.4 Å². The number of nitro groups is 1. The fourth-order valence-corrected chi connectivity index (χ4v) is 2.40. The SMILES string of the molecule is COc1ccc([N+](=O)[O-])cc1C(=O)O[C@@H](C)C(=O)c1ccc(NC(C)=O)cc1. The summed E-state index contributed by atoms with van der Waals surface area (Å²) >= 11 is 0. The maximum absolute atomic E-state index is 12.5. The summed E-state index contributed by atoms with van der Waals surface area (Å²) in [6.07, 6.45) is -1.14. The van der Waals surface area contributed by atoms with Crippen molar-refractivity contribution in [1.82, 2.24) is 0 Å². The fourth-order valence-electron chi connectivity index (χ4n) is 2.40. The number of ketones is 1. The van der Waals surface area contributed by atoms with Gasteiger partial charge in [-0.25, -0.2) is 4.79 Å². The van der Waals surface area contributed by atoms with E-state index in [0.29, 0.717) is 5.69 Å². The van der Waals surface area contributed by atoms with Crippen molar-refractivity contribution in [3.05, 3.63) is 63.7 Å². The number of non-ortho nitro benzene ring substituents is 1. The molecule has 146 valence electrons. The second kappa shape index (κ2) is 8.76. The molecule has 0 radical (unpaired) electrons. The lowest BCUT2D eigenvalue weighted by atomic mass is 10.1. The lowest BCUT2D eigenvalue weighted by molar-refractivity contribution is -0.384. The van der Waals surface area contributed by atoms with Crippen LogP contribution in [0.3, 0.4) is 0 Å². The third kappa shape index (κ3) is 4.91. The van der Waals surface area contributed by atoms with Crippen LogP contribution in [0.25, 0.3) is 0 Å². The smallest absolute Gasteiger partial charge is 0.342 e. The number of methoxy groups -OCH3 is 1. The number of ether oxygens (including phenoxy) is 2. The fraction of sp³-hybridized carbons (Fsp3) is 0.211. The summed E-state index contributed by atoms with van der Waals surface area (Å²) in [5.74, 6) is -1.54. The Morgan fingerprint density at radius 3 is 2.29 bits per heavy atom. The first-order valence-electron chi connectivity index (χ1n) is 8.18. The third-order valence-electron chi connectivity index (χ3n) is 3.76. The number of rotatable bonds is 7. The molecule has 0 aliphatic carbocycles. The Bertz CT molecular complexity index is 922. The van der Waals surface area contributed by atoms with E-state index in [9.17, 15) is 24.5 Å². The molecule has 28 heavy (non-hydrogen) atoms. The third-order valence-corrected chi connectivity index (χ3v) is 3.76. The van der Waals surface area contributed by atoms with Crippen LogP contribution in [0.4, 0.5) is 11.4 Å². The maximum Gasteiger partial charge on any atom is 0.342 e. The average molecular weight is 386 g/mol. The van der Waals surface area contributed by atoms with Crippen molar-refractivity contribution in [3.63, 3.8) is 0 Å². The summed E-state index contributed by atoms with van der Waals surface area (Å²) < 4.78 is 10.2. The van der Waals surface area contributed by atoms with E-state index in [0.717, 1.165) is 6.07 Å². The quantitative estimate of drug-likeness (QED) is 0.336. The van der Waals surface area contributed by atoms with Gasteiger partial charge in [-0.2, -0.15) is 0 Å². The van der Waals surface area contributed by atoms with E-state index in [1.165, 1.54) is 45.2 Å². The van der Waals surface area contributed by atoms with Crippen molar-refractivity contribution in [3.8, 4) is 5.75 Å². The lowest BCUT2D eigenvalue weighted by Gasteiger charge is -2.14. The maximum atomic E-state index is 12.5. The van der Waals surface area contributed by atoms with E-state index >= 15 is 0 Å². The van der Waals surface area contributed by atoms with E-state index < -0.39 is 22.8 Å². The van der Waals surface area contributed by atoms with E-state index in [-0.39, 0.29) is 28.5 Å². The lowest BCUT2D eigenvalue weighted by Crippen LogP contribution is -2.24. The first-order chi connectivity index (χ1) is 13.2. The molecule has 9 heteroatoms. The van der Waals surface area contributed by atoms with Gasteiger partial charge in [0, 0.05) is 30.3 Å². The van der Waals surface area contributed by atoms with Gasteiger partial charge in [0.05, 0.1) is 12.0 Å². The van der Waals surface area contributed by atoms with E-state index in [4.69, 9.17) is 9.47 Å². The van der Waals surface area contributed by atoms with Crippen molar-refractivity contribution in [2.24, 2.45) is 0 Å². The molecule has 0 fully saturated rings. The number of amides is 1. The van der Waals surface area contributed by atoms with Gasteiger partial charge in [0.25, 0.3) is 5.69 Å². The highest BCUT2D eigenvalue weighted by molar-refractivity contribution is 6.02. The van der Waals surface area contributed by atoms with Gasteiger partial charge in [-0.05, 0) is 37.3 Å². The summed E-state index contributed by atoms with van der Waals surface area (Å²) in [5, 5.41) is 13.5. The molecule has 2 rings (SSSR count). The Labute approximate surface area is 160 Å². The molecule has 2 aromatic rings. The van der Waals surface area contributed by atoms with Crippen LogP contribution in [-0.2, 0) is 9.53 Å². The number of carbonyl (C=O) groups excluding carboxylic acids is 3. The van der Waals surface area contributed by atoms with E-state index in [2.05, 4.69) is 5.32 Å². The van der Waals surface area contributed by atoms with Crippen LogP contribution in [0, 0.1) is 10.1 Å². The van der Waals surface area contributed by atoms with Gasteiger partial charge >= 0.3 is 5.97 Å². The molecule has 0 bridgehead atoms. The highest BCUT2D eigenvalue weighted by atomic mass is 16.6. The number of nitrogens with zero attached hydrogens (tertiary/aromatic N) is 1. The Kier molecular flexibility index (Phi) is 6.43. The van der Waals surface area contributed by atoms with Crippen molar-refractivity contribution in [2.45, 2.75) is 20.0 Å². The zero-order chi connectivity index (χ0) is 20.8. The number of hydrogen-bond donors (Lipinski definition) is 1. The first kappa shape index (κ1) is 20.6. The number of Topliss-reactive ketones (excluding diaryl/α,β-unsaturated/α-hetero) is 1. The van der Waals surface area contributed by atoms with Crippen LogP contribution >= 0.6 is 0 Å². The Morgan fingerprint density at radius 1 is 1.11 bits per heavy atom. The molecule has 0 aliphatic heterocycles. The van der Waals surface area contributed by atoms with Crippen LogP contribution in [0.15, 0.2) is 42.5 Å². The molecule has 1 atom stereocenters. The summed E-state index contributed by atoms with van der Waals surface area (Å²) in [6.45, 7) is 2.76. The molecule has 0 heterocycles. The molecule has 1 N–H and O–H groups in total. The molecule has 1 amide bonds. The van der Waals surface area contributed by atoms with E-state index in [1.54, 1.807) is 12.1 Å². The highest BCUT2D eigenvalue weighted by Gasteiger charge is 2.24. The minimum atomic E-state index is -1.14. The van der Waals surface area contributed by atoms with Gasteiger partial charge < -0.3 is 14.8 Å². The number of nitrogens with one attached hydrogen (secondary N) is 1. The predicted molar refractivity (Wildman–Crippen MR) is 99.6 cm³/mol. The zero-order valence-electron chi connectivity index (χ0n) is 15.4. The second-order valence-electron chi connectivity index (χ2n) is 5.81. The molecule has 0 aromatic heterocycles. The molecule has 0 aliphatic rings. The van der Waals surface area contributed by atoms with Crippen molar-refractivity contribution < 1.29 is 28.8 Å². The molecular weight excluding hydrogens is 368 g/mol. The van der Waals surface area contributed by atoms with Gasteiger partial charge in [-0.3, -0.25) is 19.7 Å². The molecule has 0 spiro atoms. The Morgan fingerprint density at radius 2 is 1.75 bits per heavy atom. The molecule has 2 aromatic carbocycles. The van der Waals surface area contributed by atoms with Gasteiger partial charge in [-0.1, -0.05) is 0 Å². The molecule has 9 nitrogen and oxygen atoms in total. The highest BCUT2D eigenvalue weighted by Crippen LogP contribution is 2.25. The van der Waals surface area contributed by atoms with Gasteiger partial charge in [0.1, 0.15) is 11.3 Å². The van der Waals surface area contributed by atoms with Gasteiger partial charge in [-0.15, -0.1) is 0 Å². The van der Waals surface area contributed by atoms with E-state index in [1.807, 2.05) is 0 Å². The van der Waals surface area contributed by atoms with Crippen molar-refractivity contribution in [1.29, 1.82) is 0 Å². The first-order valence-corrected chi connectivity index (χ1v) is 8.18. The van der Waals surface area contributed by atoms with Crippen LogP contribution < -0.4 is 10.1 Å². The zero-order valence-corrected chi connectivity index (χ0v) is 15.4. The molecule has 0 saturated heterocycles. The number of nitro benzene ring substituents is 1. The summed E-state index contributed by atoms with van der Waals surface area (Å²) in [5.41, 5.74) is 0.341. The number of esters is 1. The van der Waals surface area contributed by atoms with Crippen LogP contribution in [0.2, 0.25) is 0 Å². The number of benzene rings is 2. The number of anilines is 1. The molecular formula is C19H18N2O7. The molecule has 0 unspecified atom stereocenters. The normalized spacial score (nSPS) is 11.2. The van der Waals surface area contributed by atoms with Gasteiger partial charge in [0.15, 0.2) is 6.10 Å². The number of carbonyl (C=O) groups is 3. The van der Waals surface area contributed by atoms with Gasteiger partial charge in [0.2, 0.25) is 11.7 Å². The Balaban J connectivity index is 2.15. The van der Waals surface area contributed by atoms with Crippen LogP contribution in [0.5, 0.6) is 5.75 Å². The monoisotopic (exact) mass is 386 g/mol. The average Bonchev–Trinajstić information content (AvgIpc) is 2.66.